The van der Waals surface area contributed by atoms with Crippen LogP contribution in [-0.4, -0.2) is 16.9 Å². The molecule has 0 aliphatic heterocycles. The van der Waals surface area contributed by atoms with E-state index in [-0.39, 0.29) is 6.04 Å². The molecule has 4 nitrogen and oxygen atoms in total. The summed E-state index contributed by atoms with van der Waals surface area (Å²) in [4.78, 5) is 0. The standard InChI is InChI=1S/C16H23N3O/c1-12(16-10-19(3)18-13(16)2)17-9-14-7-5-6-8-15(14)11-20-4/h5-8,10,12,17H,9,11H2,1-4H3. The molecule has 0 bridgehead atoms. The highest BCUT2D eigenvalue weighted by Crippen LogP contribution is 2.17. The van der Waals surface area contributed by atoms with Gasteiger partial charge >= 0.3 is 0 Å². The van der Waals surface area contributed by atoms with Crippen molar-refractivity contribution in [3.8, 4) is 0 Å². The Morgan fingerprint density at radius 3 is 2.60 bits per heavy atom. The Balaban J connectivity index is 2.03. The first-order valence-corrected chi connectivity index (χ1v) is 6.91. The molecule has 0 saturated carbocycles. The quantitative estimate of drug-likeness (QED) is 0.879. The van der Waals surface area contributed by atoms with Crippen molar-refractivity contribution in [1.29, 1.82) is 0 Å². The van der Waals surface area contributed by atoms with Crippen LogP contribution in [0.5, 0.6) is 0 Å². The summed E-state index contributed by atoms with van der Waals surface area (Å²) in [7, 11) is 3.68. The lowest BCUT2D eigenvalue weighted by atomic mass is 10.1. The zero-order valence-corrected chi connectivity index (χ0v) is 12.7. The van der Waals surface area contributed by atoms with Crippen LogP contribution in [0.1, 0.15) is 35.3 Å². The van der Waals surface area contributed by atoms with Crippen molar-refractivity contribution in [2.24, 2.45) is 7.05 Å². The van der Waals surface area contributed by atoms with Gasteiger partial charge in [0.15, 0.2) is 0 Å². The number of methoxy groups -OCH3 is 1. The SMILES string of the molecule is COCc1ccccc1CNC(C)c1cn(C)nc1C. The molecule has 4 heteroatoms. The van der Waals surface area contributed by atoms with E-state index in [0.29, 0.717) is 6.61 Å². The van der Waals surface area contributed by atoms with Gasteiger partial charge in [0.05, 0.1) is 12.3 Å². The highest BCUT2D eigenvalue weighted by molar-refractivity contribution is 5.27. The van der Waals surface area contributed by atoms with Crippen molar-refractivity contribution in [2.45, 2.75) is 33.0 Å². The van der Waals surface area contributed by atoms with Crippen LogP contribution in [0.4, 0.5) is 0 Å². The van der Waals surface area contributed by atoms with E-state index in [9.17, 15) is 0 Å². The number of aryl methyl sites for hydroxylation is 2. The van der Waals surface area contributed by atoms with Gasteiger partial charge in [0.1, 0.15) is 0 Å². The number of ether oxygens (including phenoxy) is 1. The van der Waals surface area contributed by atoms with E-state index in [4.69, 9.17) is 4.74 Å². The maximum Gasteiger partial charge on any atom is 0.0716 e. The van der Waals surface area contributed by atoms with Crippen molar-refractivity contribution in [3.63, 3.8) is 0 Å². The first-order valence-electron chi connectivity index (χ1n) is 6.91. The van der Waals surface area contributed by atoms with Gasteiger partial charge in [0, 0.05) is 38.5 Å². The Labute approximate surface area is 120 Å². The molecule has 1 heterocycles. The molecule has 1 unspecified atom stereocenters. The first-order chi connectivity index (χ1) is 9.61. The minimum absolute atomic E-state index is 0.277. The molecule has 1 aromatic heterocycles. The highest BCUT2D eigenvalue weighted by Gasteiger charge is 2.11. The average Bonchev–Trinajstić information content (AvgIpc) is 2.77. The van der Waals surface area contributed by atoms with E-state index in [1.165, 1.54) is 16.7 Å². The van der Waals surface area contributed by atoms with Gasteiger partial charge in [-0.05, 0) is 25.0 Å². The average molecular weight is 273 g/mol. The van der Waals surface area contributed by atoms with Crippen molar-refractivity contribution in [2.75, 3.05) is 7.11 Å². The molecule has 0 saturated heterocycles. The first kappa shape index (κ1) is 14.8. The Morgan fingerprint density at radius 1 is 1.30 bits per heavy atom. The fourth-order valence-electron chi connectivity index (χ4n) is 2.44. The molecule has 0 radical (unpaired) electrons. The topological polar surface area (TPSA) is 39.1 Å². The fourth-order valence-corrected chi connectivity index (χ4v) is 2.44. The molecular formula is C16H23N3O. The van der Waals surface area contributed by atoms with Gasteiger partial charge < -0.3 is 10.1 Å². The second-order valence-electron chi connectivity index (χ2n) is 5.15. The van der Waals surface area contributed by atoms with Crippen LogP contribution in [0.2, 0.25) is 0 Å². The molecule has 0 aliphatic rings. The smallest absolute Gasteiger partial charge is 0.0716 e. The number of aromatic nitrogens is 2. The van der Waals surface area contributed by atoms with Crippen LogP contribution in [-0.2, 0) is 24.9 Å². The zero-order chi connectivity index (χ0) is 14.5. The number of hydrogen-bond acceptors (Lipinski definition) is 3. The lowest BCUT2D eigenvalue weighted by molar-refractivity contribution is 0.184. The lowest BCUT2D eigenvalue weighted by Gasteiger charge is -2.15. The van der Waals surface area contributed by atoms with Crippen LogP contribution in [0.15, 0.2) is 30.5 Å². The second-order valence-corrected chi connectivity index (χ2v) is 5.15. The largest absolute Gasteiger partial charge is 0.380 e. The third kappa shape index (κ3) is 3.46. The van der Waals surface area contributed by atoms with Crippen LogP contribution >= 0.6 is 0 Å². The summed E-state index contributed by atoms with van der Waals surface area (Å²) in [5.74, 6) is 0. The number of nitrogens with one attached hydrogen (secondary N) is 1. The fraction of sp³-hybridized carbons (Fsp3) is 0.438. The summed E-state index contributed by atoms with van der Waals surface area (Å²) in [6.45, 7) is 5.70. The van der Waals surface area contributed by atoms with Gasteiger partial charge in [-0.1, -0.05) is 24.3 Å². The zero-order valence-electron chi connectivity index (χ0n) is 12.7. The molecular weight excluding hydrogens is 250 g/mol. The minimum Gasteiger partial charge on any atom is -0.380 e. The Bertz CT molecular complexity index is 563. The third-order valence-corrected chi connectivity index (χ3v) is 3.53. The third-order valence-electron chi connectivity index (χ3n) is 3.53. The maximum absolute atomic E-state index is 5.24. The summed E-state index contributed by atoms with van der Waals surface area (Å²) < 4.78 is 7.10. The molecule has 20 heavy (non-hydrogen) atoms. The van der Waals surface area contributed by atoms with E-state index < -0.39 is 0 Å². The Kier molecular flexibility index (Phi) is 4.93. The number of benzene rings is 1. The number of rotatable bonds is 6. The summed E-state index contributed by atoms with van der Waals surface area (Å²) >= 11 is 0. The van der Waals surface area contributed by atoms with Crippen molar-refractivity contribution in [3.05, 3.63) is 52.8 Å². The predicted molar refractivity (Wildman–Crippen MR) is 80.4 cm³/mol. The van der Waals surface area contributed by atoms with Gasteiger partial charge in [-0.15, -0.1) is 0 Å². The second kappa shape index (κ2) is 6.68. The van der Waals surface area contributed by atoms with E-state index in [1.54, 1.807) is 7.11 Å². The van der Waals surface area contributed by atoms with Crippen molar-refractivity contribution >= 4 is 0 Å². The molecule has 0 amide bonds. The number of nitrogens with zero attached hydrogens (tertiary/aromatic N) is 2. The molecule has 1 atom stereocenters. The normalized spacial score (nSPS) is 12.6. The summed E-state index contributed by atoms with van der Waals surface area (Å²) in [6.07, 6.45) is 2.08. The summed E-state index contributed by atoms with van der Waals surface area (Å²) in [5, 5.41) is 7.95. The van der Waals surface area contributed by atoms with E-state index in [0.717, 1.165) is 12.2 Å². The van der Waals surface area contributed by atoms with Gasteiger partial charge in [-0.2, -0.15) is 5.10 Å². The predicted octanol–water partition coefficient (Wildman–Crippen LogP) is 2.73. The van der Waals surface area contributed by atoms with Crippen molar-refractivity contribution in [1.82, 2.24) is 15.1 Å². The molecule has 0 spiro atoms. The van der Waals surface area contributed by atoms with Gasteiger partial charge in [-0.25, -0.2) is 0 Å². The summed E-state index contributed by atoms with van der Waals surface area (Å²) in [6, 6.07) is 8.65. The molecule has 2 aromatic rings. The molecule has 2 rings (SSSR count). The molecule has 108 valence electrons. The van der Waals surface area contributed by atoms with Crippen LogP contribution in [0.25, 0.3) is 0 Å². The lowest BCUT2D eigenvalue weighted by Crippen LogP contribution is -2.19. The number of hydrogen-bond donors (Lipinski definition) is 1. The van der Waals surface area contributed by atoms with E-state index in [1.807, 2.05) is 24.7 Å². The van der Waals surface area contributed by atoms with Gasteiger partial charge in [0.2, 0.25) is 0 Å². The monoisotopic (exact) mass is 273 g/mol. The molecule has 0 aliphatic carbocycles. The van der Waals surface area contributed by atoms with Gasteiger partial charge in [0.25, 0.3) is 0 Å². The molecule has 0 fully saturated rings. The molecule has 1 N–H and O–H groups in total. The van der Waals surface area contributed by atoms with Crippen LogP contribution < -0.4 is 5.32 Å². The van der Waals surface area contributed by atoms with Crippen LogP contribution in [0.3, 0.4) is 0 Å². The van der Waals surface area contributed by atoms with Crippen molar-refractivity contribution < 1.29 is 4.74 Å². The summed E-state index contributed by atoms with van der Waals surface area (Å²) in [5.41, 5.74) is 4.84. The van der Waals surface area contributed by atoms with E-state index >= 15 is 0 Å². The van der Waals surface area contributed by atoms with E-state index in [2.05, 4.69) is 41.7 Å². The van der Waals surface area contributed by atoms with Crippen LogP contribution in [0, 0.1) is 6.92 Å². The van der Waals surface area contributed by atoms with Gasteiger partial charge in [-0.3, -0.25) is 4.68 Å². The molecule has 1 aromatic carbocycles. The minimum atomic E-state index is 0.277. The Hall–Kier alpha value is -1.65. The maximum atomic E-state index is 5.24. The highest BCUT2D eigenvalue weighted by atomic mass is 16.5. The Morgan fingerprint density at radius 2 is 2.00 bits per heavy atom.